The van der Waals surface area contributed by atoms with Gasteiger partial charge in [0.1, 0.15) is 29.5 Å². The molecule has 0 radical (unpaired) electrons. The molecule has 2 fully saturated rings. The quantitative estimate of drug-likeness (QED) is 0.239. The van der Waals surface area contributed by atoms with Gasteiger partial charge in [0.05, 0.1) is 12.9 Å². The van der Waals surface area contributed by atoms with Crippen molar-refractivity contribution in [2.75, 3.05) is 11.5 Å². The number of nitrogens with zero attached hydrogens (tertiary/aromatic N) is 5. The molecule has 5 atom stereocenters. The topological polar surface area (TPSA) is 200 Å². The lowest BCUT2D eigenvalue weighted by atomic mass is 10.1. The second-order valence-corrected chi connectivity index (χ2v) is 12.9. The third-order valence-corrected chi connectivity index (χ3v) is 6.34. The number of ether oxygens (including phenoxy) is 6. The molecule has 1 unspecified atom stereocenters. The second kappa shape index (κ2) is 12.4. The van der Waals surface area contributed by atoms with Gasteiger partial charge in [-0.25, -0.2) is 23.9 Å². The third kappa shape index (κ3) is 7.59. The molecule has 2 amide bonds. The van der Waals surface area contributed by atoms with Crippen molar-refractivity contribution in [1.82, 2.24) is 19.5 Å². The van der Waals surface area contributed by atoms with Crippen LogP contribution in [0.5, 0.6) is 0 Å². The van der Waals surface area contributed by atoms with Crippen molar-refractivity contribution >= 4 is 55.4 Å². The maximum atomic E-state index is 13.3. The summed E-state index contributed by atoms with van der Waals surface area (Å²) in [6.45, 7) is 12.8. The molecule has 0 bridgehead atoms. The minimum atomic E-state index is -1.83. The number of rotatable bonds is 8. The fraction of sp³-hybridized carbons (Fsp3) is 0.680. The Balaban J connectivity index is 1.74. The van der Waals surface area contributed by atoms with E-state index in [1.54, 1.807) is 55.4 Å². The summed E-state index contributed by atoms with van der Waals surface area (Å²) in [5.74, 6) is -2.87. The van der Waals surface area contributed by atoms with Gasteiger partial charge in [-0.2, -0.15) is 14.9 Å². The predicted molar refractivity (Wildman–Crippen MR) is 149 cm³/mol. The Morgan fingerprint density at radius 2 is 1.68 bits per heavy atom. The van der Waals surface area contributed by atoms with E-state index in [2.05, 4.69) is 19.5 Å². The van der Waals surface area contributed by atoms with Gasteiger partial charge in [0.2, 0.25) is 5.28 Å². The molecular formula is C25H33ClN5O12P. The first kappa shape index (κ1) is 33.8. The van der Waals surface area contributed by atoms with Gasteiger partial charge in [-0.05, 0) is 67.0 Å². The zero-order valence-corrected chi connectivity index (χ0v) is 26.8. The Morgan fingerprint density at radius 3 is 2.23 bits per heavy atom. The lowest BCUT2D eigenvalue weighted by Crippen LogP contribution is -2.44. The van der Waals surface area contributed by atoms with Crippen molar-refractivity contribution in [2.24, 2.45) is 0 Å². The molecule has 4 heterocycles. The SMILES string of the molecule is CC(C)(C)OC(=O)N(C(=O)OC(C)(C)C)c1nc(Cl)nc2c1ncn2[C@@H]1O[C@H](COC(OP=O)C(=O)O)[C@H]2OC(C)(C)O[C@H]21. The number of hydrogen-bond acceptors (Lipinski definition) is 14. The van der Waals surface area contributed by atoms with Crippen molar-refractivity contribution in [3.05, 3.63) is 11.6 Å². The molecule has 2 aliphatic rings. The van der Waals surface area contributed by atoms with Crippen LogP contribution >= 0.6 is 20.3 Å². The summed E-state index contributed by atoms with van der Waals surface area (Å²) in [6.07, 6.45) is -6.12. The van der Waals surface area contributed by atoms with Gasteiger partial charge < -0.3 is 33.5 Å². The van der Waals surface area contributed by atoms with Crippen LogP contribution in [0.15, 0.2) is 6.33 Å². The summed E-state index contributed by atoms with van der Waals surface area (Å²) in [6, 6.07) is 0. The Kier molecular flexibility index (Phi) is 9.53. The average molecular weight is 662 g/mol. The number of hydrogen-bond donors (Lipinski definition) is 1. The largest absolute Gasteiger partial charge is 0.477 e. The zero-order chi connectivity index (χ0) is 32.8. The van der Waals surface area contributed by atoms with E-state index in [9.17, 15) is 24.1 Å². The van der Waals surface area contributed by atoms with E-state index < -0.39 is 74.7 Å². The van der Waals surface area contributed by atoms with Crippen LogP contribution in [-0.2, 0) is 42.3 Å². The summed E-state index contributed by atoms with van der Waals surface area (Å²) < 4.78 is 51.3. The van der Waals surface area contributed by atoms with Gasteiger partial charge in [-0.1, -0.05) is 0 Å². The highest BCUT2D eigenvalue weighted by Gasteiger charge is 2.56. The predicted octanol–water partition coefficient (Wildman–Crippen LogP) is 4.22. The summed E-state index contributed by atoms with van der Waals surface area (Å²) in [5.41, 5.74) is -1.95. The maximum Gasteiger partial charge on any atom is 0.425 e. The first-order valence-electron chi connectivity index (χ1n) is 13.3. The van der Waals surface area contributed by atoms with Crippen LogP contribution < -0.4 is 4.90 Å². The van der Waals surface area contributed by atoms with Crippen molar-refractivity contribution < 1.29 is 57.0 Å². The minimum Gasteiger partial charge on any atom is -0.477 e. The number of anilines is 1. The van der Waals surface area contributed by atoms with Gasteiger partial charge in [0.15, 0.2) is 29.0 Å². The molecule has 2 aliphatic heterocycles. The van der Waals surface area contributed by atoms with Crippen molar-refractivity contribution in [3.8, 4) is 0 Å². The number of halogens is 1. The average Bonchev–Trinajstić information content (AvgIpc) is 3.50. The molecule has 0 aliphatic carbocycles. The molecule has 44 heavy (non-hydrogen) atoms. The molecule has 2 saturated heterocycles. The number of carbonyl (C=O) groups excluding carboxylic acids is 2. The summed E-state index contributed by atoms with van der Waals surface area (Å²) in [5, 5.41) is 8.93. The highest BCUT2D eigenvalue weighted by molar-refractivity contribution is 7.17. The number of aliphatic carboxylic acids is 1. The Bertz CT molecular complexity index is 1410. The van der Waals surface area contributed by atoms with Crippen LogP contribution in [0.2, 0.25) is 5.28 Å². The number of carbonyl (C=O) groups is 3. The van der Waals surface area contributed by atoms with E-state index >= 15 is 0 Å². The lowest BCUT2D eigenvalue weighted by Gasteiger charge is -2.28. The molecule has 19 heteroatoms. The highest BCUT2D eigenvalue weighted by Crippen LogP contribution is 2.44. The smallest absolute Gasteiger partial charge is 0.425 e. The Morgan fingerprint density at radius 1 is 1.09 bits per heavy atom. The number of amides is 2. The molecule has 0 spiro atoms. The van der Waals surface area contributed by atoms with E-state index in [0.717, 1.165) is 0 Å². The van der Waals surface area contributed by atoms with Gasteiger partial charge in [0.25, 0.3) is 6.29 Å². The van der Waals surface area contributed by atoms with E-state index in [0.29, 0.717) is 4.90 Å². The van der Waals surface area contributed by atoms with Gasteiger partial charge in [-0.15, -0.1) is 0 Å². The minimum absolute atomic E-state index is 0.0297. The fourth-order valence-corrected chi connectivity index (χ4v) is 4.86. The molecular weight excluding hydrogens is 629 g/mol. The van der Waals surface area contributed by atoms with Crippen LogP contribution in [0.3, 0.4) is 0 Å². The molecule has 242 valence electrons. The summed E-state index contributed by atoms with van der Waals surface area (Å²) in [4.78, 5) is 51.3. The number of carboxylic acids is 1. The van der Waals surface area contributed by atoms with Gasteiger partial charge in [-0.3, -0.25) is 9.09 Å². The van der Waals surface area contributed by atoms with Crippen molar-refractivity contribution in [3.63, 3.8) is 0 Å². The second-order valence-electron chi connectivity index (χ2n) is 12.2. The van der Waals surface area contributed by atoms with E-state index in [1.165, 1.54) is 10.9 Å². The molecule has 0 aromatic carbocycles. The highest BCUT2D eigenvalue weighted by atomic mass is 35.5. The van der Waals surface area contributed by atoms with Crippen LogP contribution in [0.1, 0.15) is 61.6 Å². The first-order chi connectivity index (χ1) is 20.3. The monoisotopic (exact) mass is 661 g/mol. The van der Waals surface area contributed by atoms with E-state index in [-0.39, 0.29) is 28.9 Å². The molecule has 2 aromatic rings. The zero-order valence-electron chi connectivity index (χ0n) is 25.2. The number of fused-ring (bicyclic) bond motifs is 2. The molecule has 2 aromatic heterocycles. The first-order valence-corrected chi connectivity index (χ1v) is 14.4. The van der Waals surface area contributed by atoms with Crippen LogP contribution in [-0.4, -0.2) is 91.0 Å². The van der Waals surface area contributed by atoms with Crippen molar-refractivity contribution in [1.29, 1.82) is 0 Å². The number of aromatic nitrogens is 4. The van der Waals surface area contributed by atoms with Crippen LogP contribution in [0.4, 0.5) is 15.4 Å². The van der Waals surface area contributed by atoms with E-state index in [1.807, 2.05) is 0 Å². The molecule has 17 nitrogen and oxygen atoms in total. The molecule has 4 rings (SSSR count). The Labute approximate surface area is 258 Å². The van der Waals surface area contributed by atoms with Crippen LogP contribution in [0, 0.1) is 0 Å². The third-order valence-electron chi connectivity index (χ3n) is 5.89. The van der Waals surface area contributed by atoms with Crippen LogP contribution in [0.25, 0.3) is 11.2 Å². The standard InChI is InChI=1S/C25H33ClN5O12P/c1-23(2,3)41-21(34)31(22(35)42-24(4,5)6)16-12-15(28-20(26)29-16)30(10-27-12)17-14-13(39-25(7,8)40-14)11(38-17)9-37-19(18(32)33)43-44-36/h10-11,13-14,17,19H,9H2,1-8H3,(H,32,33)/t11-,13-,14-,17-,19?/m1/s1. The fourth-order valence-electron chi connectivity index (χ4n) is 4.47. The van der Waals surface area contributed by atoms with E-state index in [4.69, 9.17) is 40.0 Å². The molecule has 0 saturated carbocycles. The number of imidazole rings is 1. The Hall–Kier alpha value is -3.05. The van der Waals surface area contributed by atoms with Gasteiger partial charge >= 0.3 is 26.8 Å². The normalized spacial score (nSPS) is 23.8. The summed E-state index contributed by atoms with van der Waals surface area (Å²) in [7, 11) is -0.888. The number of carboxylic acid groups (broad SMARTS) is 1. The van der Waals surface area contributed by atoms with Crippen molar-refractivity contribution in [2.45, 2.75) is 103 Å². The lowest BCUT2D eigenvalue weighted by molar-refractivity contribution is -0.210. The van der Waals surface area contributed by atoms with Gasteiger partial charge in [0, 0.05) is 0 Å². The number of imide groups is 1. The summed E-state index contributed by atoms with van der Waals surface area (Å²) >= 11 is 6.30. The molecule has 1 N–H and O–H groups in total. The maximum absolute atomic E-state index is 13.3.